The van der Waals surface area contributed by atoms with E-state index in [2.05, 4.69) is 0 Å². The molecule has 20 heavy (non-hydrogen) atoms. The van der Waals surface area contributed by atoms with E-state index in [0.29, 0.717) is 13.0 Å². The van der Waals surface area contributed by atoms with Crippen molar-refractivity contribution >= 4 is 21.5 Å². The molecule has 0 heterocycles. The number of carbonyl (C=O) groups is 1. The van der Waals surface area contributed by atoms with Crippen molar-refractivity contribution in [2.75, 3.05) is 23.7 Å². The molecule has 0 aliphatic rings. The molecule has 112 valence electrons. The molecule has 0 radical (unpaired) electrons. The summed E-state index contributed by atoms with van der Waals surface area (Å²) >= 11 is 0. The molecule has 0 amide bonds. The van der Waals surface area contributed by atoms with Crippen LogP contribution in [0.15, 0.2) is 29.2 Å². The molecule has 1 aromatic rings. The second-order valence-corrected chi connectivity index (χ2v) is 6.74. The van der Waals surface area contributed by atoms with E-state index < -0.39 is 15.8 Å². The Hall–Kier alpha value is -1.56. The van der Waals surface area contributed by atoms with E-state index in [0.717, 1.165) is 12.1 Å². The van der Waals surface area contributed by atoms with Gasteiger partial charge in [-0.15, -0.1) is 0 Å². The smallest absolute Gasteiger partial charge is 0.323 e. The molecule has 0 aliphatic heterocycles. The molecular formula is C14H21NO4S. The van der Waals surface area contributed by atoms with Crippen LogP contribution in [0.1, 0.15) is 26.7 Å². The summed E-state index contributed by atoms with van der Waals surface area (Å²) in [5.74, 6) is -0.777. The Morgan fingerprint density at radius 3 is 2.20 bits per heavy atom. The quantitative estimate of drug-likeness (QED) is 0.796. The van der Waals surface area contributed by atoms with Crippen LogP contribution in [-0.4, -0.2) is 38.3 Å². The fourth-order valence-electron chi connectivity index (χ4n) is 1.98. The van der Waals surface area contributed by atoms with Gasteiger partial charge in [0.05, 0.1) is 10.6 Å². The molecule has 1 aromatic carbocycles. The lowest BCUT2D eigenvalue weighted by Crippen LogP contribution is -2.30. The molecule has 0 spiro atoms. The van der Waals surface area contributed by atoms with Crippen molar-refractivity contribution in [2.45, 2.75) is 31.6 Å². The van der Waals surface area contributed by atoms with E-state index in [1.54, 1.807) is 29.2 Å². The molecule has 0 aromatic heterocycles. The minimum atomic E-state index is -3.22. The summed E-state index contributed by atoms with van der Waals surface area (Å²) in [5, 5.41) is 8.89. The Labute approximate surface area is 120 Å². The first-order valence-corrected chi connectivity index (χ1v) is 8.35. The first-order valence-electron chi connectivity index (χ1n) is 6.70. The molecule has 0 atom stereocenters. The fourth-order valence-corrected chi connectivity index (χ4v) is 3.31. The second kappa shape index (κ2) is 7.28. The van der Waals surface area contributed by atoms with E-state index in [1.807, 2.05) is 13.8 Å². The van der Waals surface area contributed by atoms with Crippen molar-refractivity contribution in [1.82, 2.24) is 0 Å². The third kappa shape index (κ3) is 4.52. The summed E-state index contributed by atoms with van der Waals surface area (Å²) in [4.78, 5) is 12.8. The lowest BCUT2D eigenvalue weighted by atomic mass is 10.2. The molecule has 0 bridgehead atoms. The molecule has 0 unspecified atom stereocenters. The number of nitrogens with zero attached hydrogens (tertiary/aromatic N) is 1. The number of carboxylic acid groups (broad SMARTS) is 1. The van der Waals surface area contributed by atoms with Crippen LogP contribution in [0.2, 0.25) is 0 Å². The largest absolute Gasteiger partial charge is 0.480 e. The summed E-state index contributed by atoms with van der Waals surface area (Å²) < 4.78 is 23.8. The Morgan fingerprint density at radius 1 is 1.15 bits per heavy atom. The summed E-state index contributed by atoms with van der Waals surface area (Å²) in [7, 11) is -3.22. The highest BCUT2D eigenvalue weighted by Gasteiger charge is 2.14. The number of aliphatic carboxylic acids is 1. The van der Waals surface area contributed by atoms with E-state index in [1.165, 1.54) is 0 Å². The third-order valence-electron chi connectivity index (χ3n) is 2.85. The standard InChI is InChI=1S/C14H21NO4S/c1-3-9-15(11-14(16)17)12-5-7-13(8-6-12)20(18,19)10-4-2/h5-8H,3-4,9-11H2,1-2H3,(H,16,17). The Bertz CT molecular complexity index is 537. The molecule has 0 saturated carbocycles. The molecule has 0 fully saturated rings. The van der Waals surface area contributed by atoms with Crippen LogP contribution in [0, 0.1) is 0 Å². The van der Waals surface area contributed by atoms with Crippen molar-refractivity contribution in [3.05, 3.63) is 24.3 Å². The molecule has 0 aliphatic carbocycles. The van der Waals surface area contributed by atoms with Gasteiger partial charge in [0, 0.05) is 12.2 Å². The number of hydrogen-bond donors (Lipinski definition) is 1. The summed E-state index contributed by atoms with van der Waals surface area (Å²) in [6.45, 7) is 4.32. The SMILES string of the molecule is CCCN(CC(=O)O)c1ccc(S(=O)(=O)CCC)cc1. The molecule has 1 rings (SSSR count). The van der Waals surface area contributed by atoms with Gasteiger partial charge >= 0.3 is 5.97 Å². The van der Waals surface area contributed by atoms with Crippen LogP contribution in [0.5, 0.6) is 0 Å². The molecule has 1 N–H and O–H groups in total. The van der Waals surface area contributed by atoms with E-state index in [-0.39, 0.29) is 17.2 Å². The summed E-state index contributed by atoms with van der Waals surface area (Å²) in [5.41, 5.74) is 0.727. The molecular weight excluding hydrogens is 278 g/mol. The number of carboxylic acids is 1. The van der Waals surface area contributed by atoms with Gasteiger partial charge in [-0.3, -0.25) is 4.79 Å². The zero-order valence-corrected chi connectivity index (χ0v) is 12.7. The summed E-state index contributed by atoms with van der Waals surface area (Å²) in [6, 6.07) is 6.43. The maximum atomic E-state index is 11.9. The maximum Gasteiger partial charge on any atom is 0.323 e. The number of rotatable bonds is 8. The normalized spacial score (nSPS) is 11.3. The van der Waals surface area contributed by atoms with Crippen molar-refractivity contribution in [1.29, 1.82) is 0 Å². The van der Waals surface area contributed by atoms with Gasteiger partial charge in [0.1, 0.15) is 6.54 Å². The average Bonchev–Trinajstić information content (AvgIpc) is 2.38. The van der Waals surface area contributed by atoms with Crippen LogP contribution >= 0.6 is 0 Å². The zero-order valence-electron chi connectivity index (χ0n) is 11.9. The monoisotopic (exact) mass is 299 g/mol. The highest BCUT2D eigenvalue weighted by Crippen LogP contribution is 2.19. The predicted molar refractivity (Wildman–Crippen MR) is 78.9 cm³/mol. The number of benzene rings is 1. The first-order chi connectivity index (χ1) is 9.40. The van der Waals surface area contributed by atoms with Crippen LogP contribution in [0.4, 0.5) is 5.69 Å². The second-order valence-electron chi connectivity index (χ2n) is 4.63. The minimum absolute atomic E-state index is 0.0884. The fraction of sp³-hybridized carbons (Fsp3) is 0.500. The van der Waals surface area contributed by atoms with Gasteiger partial charge in [0.2, 0.25) is 0 Å². The number of hydrogen-bond acceptors (Lipinski definition) is 4. The van der Waals surface area contributed by atoms with Crippen LogP contribution < -0.4 is 4.90 Å². The van der Waals surface area contributed by atoms with Gasteiger partial charge in [-0.1, -0.05) is 13.8 Å². The van der Waals surface area contributed by atoms with Crippen molar-refractivity contribution in [3.63, 3.8) is 0 Å². The predicted octanol–water partition coefficient (Wildman–Crippen LogP) is 2.17. The van der Waals surface area contributed by atoms with Crippen molar-refractivity contribution < 1.29 is 18.3 Å². The molecule has 0 saturated heterocycles. The highest BCUT2D eigenvalue weighted by molar-refractivity contribution is 7.91. The van der Waals surface area contributed by atoms with Gasteiger partial charge in [-0.05, 0) is 37.1 Å². The summed E-state index contributed by atoms with van der Waals surface area (Å²) in [6.07, 6.45) is 1.40. The van der Waals surface area contributed by atoms with Gasteiger partial charge in [0.25, 0.3) is 0 Å². The zero-order chi connectivity index (χ0) is 15.2. The van der Waals surface area contributed by atoms with Crippen LogP contribution in [0.25, 0.3) is 0 Å². The van der Waals surface area contributed by atoms with E-state index in [4.69, 9.17) is 5.11 Å². The van der Waals surface area contributed by atoms with Crippen molar-refractivity contribution in [3.8, 4) is 0 Å². The van der Waals surface area contributed by atoms with Crippen LogP contribution in [-0.2, 0) is 14.6 Å². The van der Waals surface area contributed by atoms with Gasteiger partial charge in [0.15, 0.2) is 9.84 Å². The Kier molecular flexibility index (Phi) is 6.01. The number of sulfone groups is 1. The third-order valence-corrected chi connectivity index (χ3v) is 4.79. The topological polar surface area (TPSA) is 74.7 Å². The molecule has 5 nitrogen and oxygen atoms in total. The van der Waals surface area contributed by atoms with E-state index in [9.17, 15) is 13.2 Å². The molecule has 6 heteroatoms. The Balaban J connectivity index is 2.96. The lowest BCUT2D eigenvalue weighted by molar-refractivity contribution is -0.135. The van der Waals surface area contributed by atoms with Crippen LogP contribution in [0.3, 0.4) is 0 Å². The average molecular weight is 299 g/mol. The van der Waals surface area contributed by atoms with E-state index >= 15 is 0 Å². The first kappa shape index (κ1) is 16.5. The van der Waals surface area contributed by atoms with Gasteiger partial charge in [-0.2, -0.15) is 0 Å². The highest BCUT2D eigenvalue weighted by atomic mass is 32.2. The minimum Gasteiger partial charge on any atom is -0.480 e. The Morgan fingerprint density at radius 2 is 1.75 bits per heavy atom. The van der Waals surface area contributed by atoms with Gasteiger partial charge in [-0.25, -0.2) is 8.42 Å². The number of anilines is 1. The van der Waals surface area contributed by atoms with Gasteiger partial charge < -0.3 is 10.0 Å². The van der Waals surface area contributed by atoms with Crippen molar-refractivity contribution in [2.24, 2.45) is 0 Å². The maximum absolute atomic E-state index is 11.9. The lowest BCUT2D eigenvalue weighted by Gasteiger charge is -2.22.